The van der Waals surface area contributed by atoms with E-state index in [1.807, 2.05) is 4.98 Å². The molecule has 244 valence electrons. The van der Waals surface area contributed by atoms with E-state index in [4.69, 9.17) is 57.4 Å². The zero-order chi connectivity index (χ0) is 30.0. The Labute approximate surface area is 256 Å². The van der Waals surface area contributed by atoms with Gasteiger partial charge in [0.15, 0.2) is 23.9 Å². The molecule has 44 heavy (non-hydrogen) atoms. The van der Waals surface area contributed by atoms with Crippen molar-refractivity contribution in [1.29, 1.82) is 0 Å². The highest BCUT2D eigenvalue weighted by Crippen LogP contribution is 2.53. The van der Waals surface area contributed by atoms with Gasteiger partial charge in [-0.15, -0.1) is 0 Å². The third-order valence-electron chi connectivity index (χ3n) is 6.70. The number of aliphatic hydroxyl groups excluding tert-OH is 2. The van der Waals surface area contributed by atoms with E-state index in [9.17, 15) is 29.3 Å². The second-order valence-electron chi connectivity index (χ2n) is 9.34. The smallest absolute Gasteiger partial charge is 0.330 e. The summed E-state index contributed by atoms with van der Waals surface area (Å²) in [4.78, 5) is 51.1. The summed E-state index contributed by atoms with van der Waals surface area (Å²) in [5.74, 6) is 0.0639. The van der Waals surface area contributed by atoms with Crippen LogP contribution in [0, 0.1) is 0 Å². The van der Waals surface area contributed by atoms with E-state index in [1.165, 1.54) is 17.2 Å². The molecule has 3 aromatic heterocycles. The van der Waals surface area contributed by atoms with Crippen LogP contribution in [0.15, 0.2) is 34.5 Å². The van der Waals surface area contributed by atoms with Gasteiger partial charge >= 0.3 is 5.69 Å². The van der Waals surface area contributed by atoms with Crippen molar-refractivity contribution >= 4 is 54.6 Å². The van der Waals surface area contributed by atoms with E-state index in [0.717, 1.165) is 16.8 Å². The van der Waals surface area contributed by atoms with Crippen LogP contribution in [-0.4, -0.2) is 89.1 Å². The standard InChI is InChI=1S/C19H23N7O12P2S2.2H3N/c20-15-10-16(22-5-21-15)26(6-23-10)18-14-11(28)7(35-18)3-33-39(31,41)37-13-8(4-34-40(32,42)38-14)36-17(12(13)29)25-2-1-9(27)24-19(25)30;;/h1-2,5-8,11-14,17-18,28-29H,3-4H2,(H,31,41)(H,32,42)(H2,20,21,22)(H,24,27,30);2*1H3/t7-,8-,11-,12-,13-,14-,17-,18-,39?,40?;;/m1../s1. The van der Waals surface area contributed by atoms with E-state index < -0.39 is 87.1 Å². The minimum absolute atomic E-state index is 0. The average molecular weight is 702 g/mol. The lowest BCUT2D eigenvalue weighted by Gasteiger charge is -2.34. The van der Waals surface area contributed by atoms with Gasteiger partial charge in [-0.1, -0.05) is 11.8 Å². The molecular formula is C19H29N9O12P2S2. The van der Waals surface area contributed by atoms with E-state index in [1.54, 1.807) is 0 Å². The number of nitrogen functional groups attached to an aromatic ring is 1. The summed E-state index contributed by atoms with van der Waals surface area (Å²) in [6, 6.07) is 1.01. The fraction of sp³-hybridized carbons (Fsp3) is 0.526. The molecule has 2 unspecified atom stereocenters. The fourth-order valence-electron chi connectivity index (χ4n) is 4.78. The molecule has 6 rings (SSSR count). The Hall–Kier alpha value is -2.18. The minimum atomic E-state index is -4.47. The number of imidazole rings is 1. The van der Waals surface area contributed by atoms with Crippen LogP contribution < -0.4 is 34.2 Å². The van der Waals surface area contributed by atoms with Gasteiger partial charge < -0.3 is 73.0 Å². The molecule has 0 spiro atoms. The maximum absolute atomic E-state index is 13.3. The van der Waals surface area contributed by atoms with Crippen molar-refractivity contribution in [3.05, 3.63) is 45.8 Å². The number of nitrogens with zero attached hydrogens (tertiary/aromatic N) is 5. The Bertz CT molecular complexity index is 1730. The van der Waals surface area contributed by atoms with Crippen LogP contribution in [0.3, 0.4) is 0 Å². The molecule has 0 aromatic carbocycles. The lowest BCUT2D eigenvalue weighted by molar-refractivity contribution is -0.217. The molecule has 25 heteroatoms. The minimum Gasteiger partial charge on any atom is -0.780 e. The number of quaternary nitrogens is 2. The monoisotopic (exact) mass is 701 g/mol. The Kier molecular flexibility index (Phi) is 10.2. The van der Waals surface area contributed by atoms with E-state index in [-0.39, 0.29) is 29.3 Å². The number of anilines is 1. The molecule has 13 N–H and O–H groups in total. The Morgan fingerprint density at radius 1 is 1.02 bits per heavy atom. The van der Waals surface area contributed by atoms with Crippen molar-refractivity contribution in [2.45, 2.75) is 49.1 Å². The fourth-order valence-corrected chi connectivity index (χ4v) is 7.61. The number of hydrogen-bond acceptors (Lipinski definition) is 18. The zero-order valence-corrected chi connectivity index (χ0v) is 26.3. The normalized spacial score (nSPS) is 37.5. The zero-order valence-electron chi connectivity index (χ0n) is 22.8. The molecule has 0 radical (unpaired) electrons. The van der Waals surface area contributed by atoms with Crippen LogP contribution in [0.1, 0.15) is 12.5 Å². The van der Waals surface area contributed by atoms with Gasteiger partial charge in [0.1, 0.15) is 55.2 Å². The maximum atomic E-state index is 13.3. The second kappa shape index (κ2) is 12.9. The van der Waals surface area contributed by atoms with Crippen molar-refractivity contribution in [3.8, 4) is 0 Å². The number of ether oxygens (including phenoxy) is 2. The molecule has 0 amide bonds. The topological polar surface area (TPSA) is 333 Å². The van der Waals surface area contributed by atoms with Crippen LogP contribution in [-0.2, 0) is 56.2 Å². The molecule has 10 atom stereocenters. The van der Waals surface area contributed by atoms with Crippen LogP contribution in [0.2, 0.25) is 0 Å². The molecule has 21 nitrogen and oxygen atoms in total. The molecular weight excluding hydrogens is 672 g/mol. The van der Waals surface area contributed by atoms with Crippen LogP contribution in [0.25, 0.3) is 11.2 Å². The van der Waals surface area contributed by atoms with E-state index >= 15 is 0 Å². The summed E-state index contributed by atoms with van der Waals surface area (Å²) in [5.41, 5.74) is 4.63. The van der Waals surface area contributed by atoms with Gasteiger partial charge in [-0.2, -0.15) is 0 Å². The number of aliphatic hydroxyl groups is 2. The lowest BCUT2D eigenvalue weighted by atomic mass is 10.1. The predicted molar refractivity (Wildman–Crippen MR) is 154 cm³/mol. The molecule has 3 fully saturated rings. The van der Waals surface area contributed by atoms with Crippen LogP contribution in [0.5, 0.6) is 0 Å². The van der Waals surface area contributed by atoms with Crippen molar-refractivity contribution in [3.63, 3.8) is 0 Å². The first-order valence-electron chi connectivity index (χ1n) is 12.0. The summed E-state index contributed by atoms with van der Waals surface area (Å²) in [5, 5.41) is 22.0. The van der Waals surface area contributed by atoms with Crippen molar-refractivity contribution < 1.29 is 47.2 Å². The van der Waals surface area contributed by atoms with Crippen molar-refractivity contribution in [1.82, 2.24) is 41.4 Å². The highest BCUT2D eigenvalue weighted by molar-refractivity contribution is 8.32. The Balaban J connectivity index is 0.00000221. The van der Waals surface area contributed by atoms with Gasteiger partial charge in [-0.25, -0.2) is 19.7 Å². The van der Waals surface area contributed by atoms with E-state index in [0.29, 0.717) is 0 Å². The van der Waals surface area contributed by atoms with Gasteiger partial charge in [0, 0.05) is 12.3 Å². The molecule has 0 saturated carbocycles. The lowest BCUT2D eigenvalue weighted by Crippen LogP contribution is -2.39. The Morgan fingerprint density at radius 3 is 2.45 bits per heavy atom. The number of H-pyrrole nitrogens is 1. The number of fused-ring (bicyclic) bond motifs is 4. The van der Waals surface area contributed by atoms with Gasteiger partial charge in [-0.05, 0) is 0 Å². The van der Waals surface area contributed by atoms with Crippen LogP contribution in [0.4, 0.5) is 5.82 Å². The van der Waals surface area contributed by atoms with Crippen molar-refractivity contribution in [2.75, 3.05) is 18.9 Å². The summed E-state index contributed by atoms with van der Waals surface area (Å²) < 4.78 is 48.9. The van der Waals surface area contributed by atoms with Gasteiger partial charge in [-0.3, -0.25) is 23.5 Å². The molecule has 2 bridgehead atoms. The third-order valence-corrected chi connectivity index (χ3v) is 9.79. The largest absolute Gasteiger partial charge is 0.780 e. The van der Waals surface area contributed by atoms with Gasteiger partial charge in [0.25, 0.3) is 5.56 Å². The van der Waals surface area contributed by atoms with Crippen LogP contribution >= 0.6 is 13.5 Å². The van der Waals surface area contributed by atoms with Crippen molar-refractivity contribution in [2.24, 2.45) is 0 Å². The highest BCUT2D eigenvalue weighted by atomic mass is 32.7. The number of hydrogen-bond donors (Lipinski definition) is 6. The average Bonchev–Trinajstić information content (AvgIpc) is 3.57. The number of rotatable bonds is 2. The molecule has 3 aliphatic rings. The SMILES string of the molecule is Nc1ncnc2c1ncn2[C@@H]1O[C@@H]2COP([O-])(=S)O[C@H]3[C@@H](O)[C@H](n4ccc(=O)[nH]c4=O)O[C@@H]3COP(=O)([S-])O[C@@H]1[C@@H]2O.[NH4+].[NH4+]. The molecule has 3 saturated heterocycles. The summed E-state index contributed by atoms with van der Waals surface area (Å²) >= 11 is 10.1. The first-order chi connectivity index (χ1) is 19.8. The van der Waals surface area contributed by atoms with E-state index in [2.05, 4.69) is 15.0 Å². The summed E-state index contributed by atoms with van der Waals surface area (Å²) in [6.07, 6.45) is -8.13. The summed E-state index contributed by atoms with van der Waals surface area (Å²) in [7, 11) is 0. The molecule has 3 aliphatic heterocycles. The quantitative estimate of drug-likeness (QED) is 0.128. The first-order valence-corrected chi connectivity index (χ1v) is 17.1. The summed E-state index contributed by atoms with van der Waals surface area (Å²) in [6.45, 7) is -10.2. The Morgan fingerprint density at radius 2 is 1.73 bits per heavy atom. The molecule has 3 aromatic rings. The third kappa shape index (κ3) is 6.54. The first kappa shape index (κ1) is 34.7. The maximum Gasteiger partial charge on any atom is 0.330 e. The van der Waals surface area contributed by atoms with Gasteiger partial charge in [0.05, 0.1) is 19.5 Å². The number of nitrogens with two attached hydrogens (primary N) is 1. The second-order valence-corrected chi connectivity index (χ2v) is 14.7. The molecule has 0 aliphatic carbocycles. The highest BCUT2D eigenvalue weighted by Gasteiger charge is 2.50. The predicted octanol–water partition coefficient (Wildman–Crippen LogP) is -1.72. The molecule has 6 heterocycles. The number of aromatic amines is 1. The number of nitrogens with one attached hydrogen (secondary N) is 1. The number of aromatic nitrogens is 6. The van der Waals surface area contributed by atoms with Gasteiger partial charge in [0.2, 0.25) is 6.80 Å².